The third-order valence-corrected chi connectivity index (χ3v) is 8.23. The molecule has 0 spiro atoms. The Morgan fingerprint density at radius 3 is 2.48 bits per heavy atom. The maximum atomic E-state index is 12.8. The Kier molecular flexibility index (Phi) is 6.89. The third kappa shape index (κ3) is 4.54. The summed E-state index contributed by atoms with van der Waals surface area (Å²) in [5, 5.41) is 0. The van der Waals surface area contributed by atoms with Gasteiger partial charge in [-0.3, -0.25) is 4.79 Å². The van der Waals surface area contributed by atoms with Crippen molar-refractivity contribution in [3.05, 3.63) is 17.0 Å². The fourth-order valence-corrected chi connectivity index (χ4v) is 6.38. The Labute approximate surface area is 159 Å². The first-order valence-electron chi connectivity index (χ1n) is 8.49. The average Bonchev–Trinajstić information content (AvgIpc) is 3.02. The summed E-state index contributed by atoms with van der Waals surface area (Å²) in [5.74, 6) is -0.145. The molecule has 1 amide bonds. The number of thiophene rings is 1. The van der Waals surface area contributed by atoms with Gasteiger partial charge in [0.05, 0.1) is 5.92 Å². The number of sulfonamides is 1. The lowest BCUT2D eigenvalue weighted by Crippen LogP contribution is -2.49. The van der Waals surface area contributed by atoms with Crippen LogP contribution in [0.25, 0.3) is 0 Å². The Morgan fingerprint density at radius 2 is 1.88 bits per heavy atom. The molecule has 1 atom stereocenters. The molecule has 0 saturated carbocycles. The number of carbonyl (C=O) groups is 1. The number of nitrogens with zero attached hydrogens (tertiary/aromatic N) is 2. The lowest BCUT2D eigenvalue weighted by Gasteiger charge is -2.36. The van der Waals surface area contributed by atoms with Crippen molar-refractivity contribution in [1.82, 2.24) is 9.21 Å². The largest absolute Gasteiger partial charge is 0.342 e. The molecule has 0 bridgehead atoms. The molecule has 0 radical (unpaired) electrons. The SMILES string of the molecule is Cc1ccc(S(=O)(=O)N2CCCC(C(=O)N3CCC(N)CC3)C2)s1.Cl. The van der Waals surface area contributed by atoms with Crippen molar-refractivity contribution in [2.24, 2.45) is 11.7 Å². The standard InChI is InChI=1S/C16H25N3O3S2.ClH/c1-12-4-5-15(23-12)24(21,22)19-8-2-3-13(11-19)16(20)18-9-6-14(17)7-10-18;/h4-5,13-14H,2-3,6-11,17H2,1H3;1H. The van der Waals surface area contributed by atoms with Crippen LogP contribution >= 0.6 is 23.7 Å². The fourth-order valence-electron chi connectivity index (χ4n) is 3.42. The average molecular weight is 408 g/mol. The second-order valence-corrected chi connectivity index (χ2v) is 10.2. The zero-order valence-electron chi connectivity index (χ0n) is 14.4. The van der Waals surface area contributed by atoms with Crippen LogP contribution in [-0.4, -0.2) is 55.8 Å². The first-order chi connectivity index (χ1) is 11.4. The molecule has 1 aromatic rings. The van der Waals surface area contributed by atoms with Crippen molar-refractivity contribution < 1.29 is 13.2 Å². The smallest absolute Gasteiger partial charge is 0.252 e. The zero-order chi connectivity index (χ0) is 17.3. The quantitative estimate of drug-likeness (QED) is 0.828. The molecule has 0 aromatic carbocycles. The molecule has 3 rings (SSSR count). The van der Waals surface area contributed by atoms with Crippen LogP contribution in [-0.2, 0) is 14.8 Å². The van der Waals surface area contributed by atoms with Gasteiger partial charge >= 0.3 is 0 Å². The summed E-state index contributed by atoms with van der Waals surface area (Å²) < 4.78 is 27.4. The van der Waals surface area contributed by atoms with Gasteiger partial charge in [-0.25, -0.2) is 8.42 Å². The minimum atomic E-state index is -3.49. The second-order valence-electron chi connectivity index (χ2n) is 6.73. The van der Waals surface area contributed by atoms with E-state index in [9.17, 15) is 13.2 Å². The van der Waals surface area contributed by atoms with E-state index in [1.807, 2.05) is 17.9 Å². The van der Waals surface area contributed by atoms with E-state index in [0.29, 0.717) is 30.4 Å². The lowest BCUT2D eigenvalue weighted by atomic mass is 9.96. The number of halogens is 1. The summed E-state index contributed by atoms with van der Waals surface area (Å²) in [5.41, 5.74) is 5.90. The normalized spacial score (nSPS) is 23.3. The molecule has 3 heterocycles. The van der Waals surface area contributed by atoms with Crippen molar-refractivity contribution >= 4 is 39.7 Å². The molecule has 2 aliphatic rings. The summed E-state index contributed by atoms with van der Waals surface area (Å²) in [4.78, 5) is 15.6. The number of likely N-dealkylation sites (tertiary alicyclic amines) is 1. The first-order valence-corrected chi connectivity index (χ1v) is 10.7. The molecular weight excluding hydrogens is 382 g/mol. The lowest BCUT2D eigenvalue weighted by molar-refractivity contribution is -0.137. The van der Waals surface area contributed by atoms with Crippen LogP contribution in [0.5, 0.6) is 0 Å². The van der Waals surface area contributed by atoms with E-state index in [1.165, 1.54) is 15.6 Å². The van der Waals surface area contributed by atoms with Gasteiger partial charge in [0.25, 0.3) is 10.0 Å². The first kappa shape index (κ1) is 20.6. The number of rotatable bonds is 3. The second kappa shape index (κ2) is 8.35. The molecule has 2 N–H and O–H groups in total. The van der Waals surface area contributed by atoms with Gasteiger partial charge in [0.15, 0.2) is 0 Å². The highest BCUT2D eigenvalue weighted by molar-refractivity contribution is 7.91. The molecule has 1 aromatic heterocycles. The van der Waals surface area contributed by atoms with Crippen molar-refractivity contribution in [3.63, 3.8) is 0 Å². The zero-order valence-corrected chi connectivity index (χ0v) is 16.8. The van der Waals surface area contributed by atoms with E-state index in [-0.39, 0.29) is 30.3 Å². The Bertz CT molecular complexity index is 699. The van der Waals surface area contributed by atoms with Crippen LogP contribution < -0.4 is 5.73 Å². The molecule has 2 fully saturated rings. The highest BCUT2D eigenvalue weighted by Crippen LogP contribution is 2.29. The van der Waals surface area contributed by atoms with Crippen molar-refractivity contribution in [2.45, 2.75) is 42.9 Å². The Hall–Kier alpha value is -0.670. The summed E-state index contributed by atoms with van der Waals surface area (Å²) >= 11 is 1.29. The molecule has 25 heavy (non-hydrogen) atoms. The van der Waals surface area contributed by atoms with E-state index in [0.717, 1.165) is 30.6 Å². The van der Waals surface area contributed by atoms with Crippen LogP contribution in [0, 0.1) is 12.8 Å². The topological polar surface area (TPSA) is 83.7 Å². The number of nitrogens with two attached hydrogens (primary N) is 1. The molecule has 9 heteroatoms. The number of piperidine rings is 2. The Morgan fingerprint density at radius 1 is 1.20 bits per heavy atom. The third-order valence-electron chi connectivity index (χ3n) is 4.89. The van der Waals surface area contributed by atoms with Crippen LogP contribution in [0.3, 0.4) is 0 Å². The van der Waals surface area contributed by atoms with Gasteiger partial charge in [-0.15, -0.1) is 23.7 Å². The predicted molar refractivity (Wildman–Crippen MR) is 102 cm³/mol. The van der Waals surface area contributed by atoms with Crippen molar-refractivity contribution in [3.8, 4) is 0 Å². The Balaban J connectivity index is 0.00000225. The summed E-state index contributed by atoms with van der Waals surface area (Å²) in [7, 11) is -3.49. The monoisotopic (exact) mass is 407 g/mol. The minimum absolute atomic E-state index is 0. The predicted octanol–water partition coefficient (Wildman–Crippen LogP) is 1.83. The molecular formula is C16H26ClN3O3S2. The van der Waals surface area contributed by atoms with E-state index in [1.54, 1.807) is 6.07 Å². The van der Waals surface area contributed by atoms with E-state index in [4.69, 9.17) is 5.73 Å². The van der Waals surface area contributed by atoms with Crippen LogP contribution in [0.15, 0.2) is 16.3 Å². The number of hydrogen-bond donors (Lipinski definition) is 1. The molecule has 6 nitrogen and oxygen atoms in total. The van der Waals surface area contributed by atoms with E-state index >= 15 is 0 Å². The van der Waals surface area contributed by atoms with Crippen LogP contribution in [0.1, 0.15) is 30.6 Å². The summed E-state index contributed by atoms with van der Waals surface area (Å²) in [6.07, 6.45) is 3.15. The van der Waals surface area contributed by atoms with E-state index < -0.39 is 10.0 Å². The van der Waals surface area contributed by atoms with Gasteiger partial charge in [0, 0.05) is 37.1 Å². The van der Waals surface area contributed by atoms with E-state index in [2.05, 4.69) is 0 Å². The molecule has 0 aliphatic carbocycles. The number of aryl methyl sites for hydroxylation is 1. The maximum Gasteiger partial charge on any atom is 0.252 e. The van der Waals surface area contributed by atoms with Gasteiger partial charge in [0.1, 0.15) is 4.21 Å². The highest BCUT2D eigenvalue weighted by atomic mass is 35.5. The van der Waals surface area contributed by atoms with Gasteiger partial charge in [-0.05, 0) is 44.7 Å². The van der Waals surface area contributed by atoms with Crippen LogP contribution in [0.4, 0.5) is 0 Å². The summed E-state index contributed by atoms with van der Waals surface area (Å²) in [6, 6.07) is 3.66. The molecule has 1 unspecified atom stereocenters. The summed E-state index contributed by atoms with van der Waals surface area (Å²) in [6.45, 7) is 4.06. The highest BCUT2D eigenvalue weighted by Gasteiger charge is 2.36. The molecule has 2 saturated heterocycles. The van der Waals surface area contributed by atoms with Crippen molar-refractivity contribution in [1.29, 1.82) is 0 Å². The number of amides is 1. The van der Waals surface area contributed by atoms with Gasteiger partial charge in [-0.2, -0.15) is 4.31 Å². The fraction of sp³-hybridized carbons (Fsp3) is 0.688. The van der Waals surface area contributed by atoms with Crippen LogP contribution in [0.2, 0.25) is 0 Å². The number of carbonyl (C=O) groups excluding carboxylic acids is 1. The minimum Gasteiger partial charge on any atom is -0.342 e. The van der Waals surface area contributed by atoms with Gasteiger partial charge in [-0.1, -0.05) is 0 Å². The number of hydrogen-bond acceptors (Lipinski definition) is 5. The van der Waals surface area contributed by atoms with Gasteiger partial charge in [0.2, 0.25) is 5.91 Å². The van der Waals surface area contributed by atoms with Gasteiger partial charge < -0.3 is 10.6 Å². The maximum absolute atomic E-state index is 12.8. The molecule has 2 aliphatic heterocycles. The molecule has 142 valence electrons. The van der Waals surface area contributed by atoms with Crippen molar-refractivity contribution in [2.75, 3.05) is 26.2 Å².